The first-order valence-corrected chi connectivity index (χ1v) is 17.8. The van der Waals surface area contributed by atoms with E-state index >= 15 is 0 Å². The van der Waals surface area contributed by atoms with Crippen molar-refractivity contribution in [3.05, 3.63) is 170 Å². The highest BCUT2D eigenvalue weighted by molar-refractivity contribution is 7.26. The first-order valence-electron chi connectivity index (χ1n) is 17.0. The Hall–Kier alpha value is -6.56. The molecule has 0 aliphatic rings. The monoisotopic (exact) mass is 668 g/mol. The second-order valence-electron chi connectivity index (χ2n) is 12.6. The van der Waals surface area contributed by atoms with Crippen LogP contribution in [0.2, 0.25) is 0 Å². The van der Waals surface area contributed by atoms with Gasteiger partial charge in [0.1, 0.15) is 0 Å². The molecule has 238 valence electrons. The molecule has 0 atom stereocenters. The summed E-state index contributed by atoms with van der Waals surface area (Å²) in [5.74, 6) is 1.95. The summed E-state index contributed by atoms with van der Waals surface area (Å²) < 4.78 is 2.55. The molecule has 5 heteroatoms. The van der Waals surface area contributed by atoms with Crippen molar-refractivity contribution in [1.82, 2.24) is 19.9 Å². The fourth-order valence-corrected chi connectivity index (χ4v) is 8.28. The average Bonchev–Trinajstić information content (AvgIpc) is 3.59. The molecule has 0 amide bonds. The number of fused-ring (bicyclic) bond motifs is 7. The lowest BCUT2D eigenvalue weighted by molar-refractivity contribution is 1.07. The van der Waals surface area contributed by atoms with Gasteiger partial charge in [0, 0.05) is 58.6 Å². The third kappa shape index (κ3) is 5.14. The van der Waals surface area contributed by atoms with Crippen molar-refractivity contribution in [2.45, 2.75) is 0 Å². The van der Waals surface area contributed by atoms with Crippen LogP contribution in [0, 0.1) is 0 Å². The lowest BCUT2D eigenvalue weighted by Gasteiger charge is -2.11. The third-order valence-electron chi connectivity index (χ3n) is 9.50. The van der Waals surface area contributed by atoms with E-state index in [2.05, 4.69) is 109 Å². The van der Waals surface area contributed by atoms with Gasteiger partial charge in [-0.15, -0.1) is 11.3 Å². The summed E-state index contributed by atoms with van der Waals surface area (Å²) >= 11 is 1.86. The molecule has 51 heavy (non-hydrogen) atoms. The van der Waals surface area contributed by atoms with Crippen LogP contribution in [0.15, 0.2) is 170 Å². The Labute approximate surface area is 298 Å². The van der Waals surface area contributed by atoms with Crippen LogP contribution in [0.1, 0.15) is 0 Å². The van der Waals surface area contributed by atoms with Crippen molar-refractivity contribution in [2.24, 2.45) is 0 Å². The number of thiophene rings is 1. The number of para-hydroxylation sites is 1. The molecule has 0 saturated heterocycles. The van der Waals surface area contributed by atoms with Crippen LogP contribution >= 0.6 is 11.3 Å². The standard InChI is InChI=1S/C46H28N4S/c1-4-13-29(14-5-1)42-37-25-24-35-38-28-33(23-26-40(38)51-43(35)41(37)36-21-10-11-22-39(36)47-42)32-19-12-20-34(27-32)46-49-44(30-15-6-2-7-16-30)48-45(50-46)31-17-8-3-9-18-31/h1-28H. The Kier molecular flexibility index (Phi) is 6.96. The molecule has 0 unspecified atom stereocenters. The van der Waals surface area contributed by atoms with E-state index < -0.39 is 0 Å². The second kappa shape index (κ2) is 12.1. The van der Waals surface area contributed by atoms with Crippen LogP contribution in [0.3, 0.4) is 0 Å². The number of nitrogens with zero attached hydrogens (tertiary/aromatic N) is 4. The largest absolute Gasteiger partial charge is 0.247 e. The Morgan fingerprint density at radius 2 is 0.882 bits per heavy atom. The molecule has 0 aliphatic heterocycles. The minimum Gasteiger partial charge on any atom is -0.247 e. The zero-order valence-corrected chi connectivity index (χ0v) is 28.2. The van der Waals surface area contributed by atoms with Gasteiger partial charge in [-0.3, -0.25) is 0 Å². The minimum atomic E-state index is 0.646. The van der Waals surface area contributed by atoms with Crippen LogP contribution in [0.5, 0.6) is 0 Å². The van der Waals surface area contributed by atoms with Gasteiger partial charge in [-0.2, -0.15) is 0 Å². The van der Waals surface area contributed by atoms with Gasteiger partial charge in [0.25, 0.3) is 0 Å². The van der Waals surface area contributed by atoms with Crippen LogP contribution in [0.4, 0.5) is 0 Å². The fraction of sp³-hybridized carbons (Fsp3) is 0. The highest BCUT2D eigenvalue weighted by atomic mass is 32.1. The zero-order valence-electron chi connectivity index (χ0n) is 27.4. The number of rotatable bonds is 5. The quantitative estimate of drug-likeness (QED) is 0.171. The summed E-state index contributed by atoms with van der Waals surface area (Å²) in [7, 11) is 0. The van der Waals surface area contributed by atoms with Gasteiger partial charge in [0.05, 0.1) is 11.2 Å². The Morgan fingerprint density at radius 3 is 1.59 bits per heavy atom. The highest BCUT2D eigenvalue weighted by Crippen LogP contribution is 2.44. The highest BCUT2D eigenvalue weighted by Gasteiger charge is 2.17. The first-order chi connectivity index (χ1) is 25.3. The van der Waals surface area contributed by atoms with Crippen LogP contribution in [-0.2, 0) is 0 Å². The maximum absolute atomic E-state index is 5.16. The normalized spacial score (nSPS) is 11.5. The smallest absolute Gasteiger partial charge is 0.164 e. The maximum atomic E-state index is 5.16. The van der Waals surface area contributed by atoms with E-state index in [1.165, 1.54) is 36.3 Å². The molecule has 0 spiro atoms. The second-order valence-corrected chi connectivity index (χ2v) is 13.7. The molecule has 3 aromatic heterocycles. The molecule has 0 aliphatic carbocycles. The summed E-state index contributed by atoms with van der Waals surface area (Å²) in [4.78, 5) is 20.0. The van der Waals surface area contributed by atoms with E-state index in [1.54, 1.807) is 0 Å². The summed E-state index contributed by atoms with van der Waals surface area (Å²) in [6, 6.07) is 59.1. The summed E-state index contributed by atoms with van der Waals surface area (Å²) in [5.41, 5.74) is 8.26. The third-order valence-corrected chi connectivity index (χ3v) is 10.7. The van der Waals surface area contributed by atoms with Gasteiger partial charge in [-0.25, -0.2) is 19.9 Å². The molecular weight excluding hydrogens is 641 g/mol. The molecule has 7 aromatic carbocycles. The van der Waals surface area contributed by atoms with E-state index in [1.807, 2.05) is 72.0 Å². The van der Waals surface area contributed by atoms with Gasteiger partial charge in [0.15, 0.2) is 17.5 Å². The summed E-state index contributed by atoms with van der Waals surface area (Å²) in [5, 5.41) is 6.13. The molecule has 0 bridgehead atoms. The van der Waals surface area contributed by atoms with E-state index in [4.69, 9.17) is 19.9 Å². The Bertz CT molecular complexity index is 2840. The van der Waals surface area contributed by atoms with Crippen LogP contribution in [0.25, 0.3) is 98.4 Å². The molecule has 10 aromatic rings. The number of aromatic nitrogens is 4. The molecule has 10 rings (SSSR count). The topological polar surface area (TPSA) is 51.6 Å². The first kappa shape index (κ1) is 29.4. The maximum Gasteiger partial charge on any atom is 0.164 e. The molecule has 0 fully saturated rings. The molecule has 4 nitrogen and oxygen atoms in total. The predicted molar refractivity (Wildman–Crippen MR) is 213 cm³/mol. The Balaban J connectivity index is 1.12. The van der Waals surface area contributed by atoms with Gasteiger partial charge in [-0.1, -0.05) is 146 Å². The molecule has 0 N–H and O–H groups in total. The van der Waals surface area contributed by atoms with Crippen molar-refractivity contribution < 1.29 is 0 Å². The van der Waals surface area contributed by atoms with Crippen molar-refractivity contribution in [3.8, 4) is 56.5 Å². The van der Waals surface area contributed by atoms with Crippen molar-refractivity contribution in [2.75, 3.05) is 0 Å². The van der Waals surface area contributed by atoms with E-state index in [0.29, 0.717) is 17.5 Å². The molecule has 0 saturated carbocycles. The van der Waals surface area contributed by atoms with Crippen molar-refractivity contribution >= 4 is 53.2 Å². The number of pyridine rings is 1. The molecule has 3 heterocycles. The number of hydrogen-bond donors (Lipinski definition) is 0. The van der Waals surface area contributed by atoms with Gasteiger partial charge < -0.3 is 0 Å². The van der Waals surface area contributed by atoms with Gasteiger partial charge in [-0.05, 0) is 35.4 Å². The zero-order chi connectivity index (χ0) is 33.7. The van der Waals surface area contributed by atoms with Crippen LogP contribution in [-0.4, -0.2) is 19.9 Å². The van der Waals surface area contributed by atoms with Crippen molar-refractivity contribution in [3.63, 3.8) is 0 Å². The minimum absolute atomic E-state index is 0.646. The average molecular weight is 669 g/mol. The predicted octanol–water partition coefficient (Wildman–Crippen LogP) is 12.3. The molecule has 0 radical (unpaired) electrons. The number of hydrogen-bond acceptors (Lipinski definition) is 5. The van der Waals surface area contributed by atoms with Crippen molar-refractivity contribution in [1.29, 1.82) is 0 Å². The SMILES string of the molecule is c1ccc(-c2nc(-c3ccccc3)nc(-c3cccc(-c4ccc5sc6c(ccc7c(-c8ccccc8)nc8ccccc8c76)c5c4)c3)n2)cc1. The lowest BCUT2D eigenvalue weighted by Crippen LogP contribution is -2.00. The van der Waals surface area contributed by atoms with E-state index in [-0.39, 0.29) is 0 Å². The summed E-state index contributed by atoms with van der Waals surface area (Å²) in [6.07, 6.45) is 0. The Morgan fingerprint density at radius 1 is 0.333 bits per heavy atom. The van der Waals surface area contributed by atoms with Gasteiger partial charge in [0.2, 0.25) is 0 Å². The van der Waals surface area contributed by atoms with E-state index in [9.17, 15) is 0 Å². The van der Waals surface area contributed by atoms with Crippen LogP contribution < -0.4 is 0 Å². The number of benzene rings is 7. The molecular formula is C46H28N4S. The van der Waals surface area contributed by atoms with E-state index in [0.717, 1.165) is 44.6 Å². The summed E-state index contributed by atoms with van der Waals surface area (Å²) in [6.45, 7) is 0. The lowest BCUT2D eigenvalue weighted by atomic mass is 9.97. The van der Waals surface area contributed by atoms with Gasteiger partial charge >= 0.3 is 0 Å². The fourth-order valence-electron chi connectivity index (χ4n) is 7.04.